The van der Waals surface area contributed by atoms with Crippen LogP contribution in [0.4, 0.5) is 10.5 Å². The summed E-state index contributed by atoms with van der Waals surface area (Å²) in [5.41, 5.74) is 2.52. The Kier molecular flexibility index (Phi) is 6.41. The van der Waals surface area contributed by atoms with Crippen LogP contribution in [0, 0.1) is 6.92 Å². The number of nitrogens with one attached hydrogen (secondary N) is 1. The summed E-state index contributed by atoms with van der Waals surface area (Å²) in [6.07, 6.45) is -0.685. The number of hydrogen-bond acceptors (Lipinski definition) is 5. The van der Waals surface area contributed by atoms with Crippen LogP contribution >= 0.6 is 27.7 Å². The SMILES string of the molecule is Cc1ccc(OC(C)C(=O)Nc2ccc(CN3C(=O)CSC3=O)cc2)c(Br)c1. The second kappa shape index (κ2) is 8.79. The van der Waals surface area contributed by atoms with Crippen LogP contribution in [0.25, 0.3) is 0 Å². The normalized spacial score (nSPS) is 14.9. The van der Waals surface area contributed by atoms with Gasteiger partial charge in [0.05, 0.1) is 16.8 Å². The van der Waals surface area contributed by atoms with Crippen molar-refractivity contribution in [2.45, 2.75) is 26.5 Å². The first kappa shape index (κ1) is 20.4. The van der Waals surface area contributed by atoms with Gasteiger partial charge in [-0.05, 0) is 65.2 Å². The van der Waals surface area contributed by atoms with E-state index < -0.39 is 6.10 Å². The van der Waals surface area contributed by atoms with Crippen LogP contribution in [0.3, 0.4) is 0 Å². The van der Waals surface area contributed by atoms with E-state index in [4.69, 9.17) is 4.74 Å². The quantitative estimate of drug-likeness (QED) is 0.689. The number of amides is 3. The molecule has 1 aliphatic rings. The molecule has 1 unspecified atom stereocenters. The van der Waals surface area contributed by atoms with Gasteiger partial charge in [0.15, 0.2) is 6.10 Å². The molecule has 2 aromatic rings. The van der Waals surface area contributed by atoms with Crippen LogP contribution in [0.2, 0.25) is 0 Å². The van der Waals surface area contributed by atoms with E-state index >= 15 is 0 Å². The van der Waals surface area contributed by atoms with Crippen LogP contribution in [0.1, 0.15) is 18.1 Å². The van der Waals surface area contributed by atoms with Gasteiger partial charge in [-0.15, -0.1) is 0 Å². The highest BCUT2D eigenvalue weighted by Gasteiger charge is 2.29. The molecule has 0 aromatic heterocycles. The van der Waals surface area contributed by atoms with Crippen molar-refractivity contribution in [1.82, 2.24) is 4.90 Å². The minimum absolute atomic E-state index is 0.180. The number of carbonyl (C=O) groups excluding carboxylic acids is 3. The number of benzene rings is 2. The van der Waals surface area contributed by atoms with Crippen molar-refractivity contribution < 1.29 is 19.1 Å². The standard InChI is InChI=1S/C20H19BrN2O4S/c1-12-3-8-17(16(21)9-12)27-13(2)19(25)22-15-6-4-14(5-7-15)10-23-18(24)11-28-20(23)26/h3-9,13H,10-11H2,1-2H3,(H,22,25). The van der Waals surface area contributed by atoms with Gasteiger partial charge >= 0.3 is 0 Å². The van der Waals surface area contributed by atoms with Gasteiger partial charge in [-0.2, -0.15) is 0 Å². The molecule has 146 valence electrons. The van der Waals surface area contributed by atoms with Crippen LogP contribution in [0.5, 0.6) is 5.75 Å². The molecule has 0 bridgehead atoms. The summed E-state index contributed by atoms with van der Waals surface area (Å²) >= 11 is 4.45. The third-order valence-corrected chi connectivity index (χ3v) is 5.64. The Morgan fingerprint density at radius 3 is 2.57 bits per heavy atom. The molecule has 0 radical (unpaired) electrons. The van der Waals surface area contributed by atoms with Gasteiger partial charge < -0.3 is 10.1 Å². The Bertz CT molecular complexity index is 901. The molecule has 28 heavy (non-hydrogen) atoms. The predicted octanol–water partition coefficient (Wildman–Crippen LogP) is 4.36. The number of rotatable bonds is 6. The molecule has 6 nitrogen and oxygen atoms in total. The fourth-order valence-electron chi connectivity index (χ4n) is 2.60. The molecule has 0 spiro atoms. The van der Waals surface area contributed by atoms with Gasteiger partial charge in [-0.3, -0.25) is 19.3 Å². The Balaban J connectivity index is 1.57. The molecule has 1 saturated heterocycles. The molecule has 0 saturated carbocycles. The minimum atomic E-state index is -0.685. The van der Waals surface area contributed by atoms with Crippen molar-refractivity contribution in [2.24, 2.45) is 0 Å². The Morgan fingerprint density at radius 1 is 1.25 bits per heavy atom. The van der Waals surface area contributed by atoms with E-state index in [0.717, 1.165) is 27.4 Å². The number of thioether (sulfide) groups is 1. The van der Waals surface area contributed by atoms with Crippen molar-refractivity contribution in [1.29, 1.82) is 0 Å². The first-order valence-electron chi connectivity index (χ1n) is 8.63. The Labute approximate surface area is 175 Å². The van der Waals surface area contributed by atoms with Crippen molar-refractivity contribution in [3.8, 4) is 5.75 Å². The molecule has 3 amide bonds. The summed E-state index contributed by atoms with van der Waals surface area (Å²) in [6, 6.07) is 12.7. The smallest absolute Gasteiger partial charge is 0.289 e. The van der Waals surface area contributed by atoms with E-state index in [1.165, 1.54) is 4.90 Å². The average Bonchev–Trinajstić information content (AvgIpc) is 2.97. The van der Waals surface area contributed by atoms with Crippen molar-refractivity contribution >= 4 is 50.4 Å². The lowest BCUT2D eigenvalue weighted by Gasteiger charge is -2.16. The number of carbonyl (C=O) groups is 3. The topological polar surface area (TPSA) is 75.7 Å². The molecule has 1 fully saturated rings. The Hall–Kier alpha value is -2.32. The molecular formula is C20H19BrN2O4S. The highest BCUT2D eigenvalue weighted by atomic mass is 79.9. The summed E-state index contributed by atoms with van der Waals surface area (Å²) < 4.78 is 6.52. The molecule has 1 N–H and O–H groups in total. The second-order valence-corrected chi connectivity index (χ2v) is 8.20. The van der Waals surface area contributed by atoms with E-state index in [1.807, 2.05) is 25.1 Å². The number of halogens is 1. The van der Waals surface area contributed by atoms with Gasteiger partial charge in [0.2, 0.25) is 5.91 Å². The molecular weight excluding hydrogens is 444 g/mol. The van der Waals surface area contributed by atoms with E-state index in [1.54, 1.807) is 31.2 Å². The molecule has 8 heteroatoms. The summed E-state index contributed by atoms with van der Waals surface area (Å²) in [4.78, 5) is 37.0. The van der Waals surface area contributed by atoms with Crippen LogP contribution in [-0.4, -0.2) is 33.8 Å². The maximum Gasteiger partial charge on any atom is 0.289 e. The number of imide groups is 1. The first-order chi connectivity index (χ1) is 13.3. The van der Waals surface area contributed by atoms with Gasteiger partial charge in [0.1, 0.15) is 5.75 Å². The zero-order chi connectivity index (χ0) is 20.3. The molecule has 2 aromatic carbocycles. The van der Waals surface area contributed by atoms with Gasteiger partial charge in [-0.25, -0.2) is 0 Å². The third kappa shape index (κ3) is 4.94. The van der Waals surface area contributed by atoms with Crippen LogP contribution < -0.4 is 10.1 Å². The maximum atomic E-state index is 12.4. The molecule has 1 heterocycles. The number of anilines is 1. The molecule has 0 aliphatic carbocycles. The zero-order valence-corrected chi connectivity index (χ0v) is 17.8. The maximum absolute atomic E-state index is 12.4. The summed E-state index contributed by atoms with van der Waals surface area (Å²) in [7, 11) is 0. The van der Waals surface area contributed by atoms with Crippen molar-refractivity contribution in [3.05, 3.63) is 58.1 Å². The summed E-state index contributed by atoms with van der Waals surface area (Å²) in [6.45, 7) is 3.89. The average molecular weight is 463 g/mol. The van der Waals surface area contributed by atoms with Crippen molar-refractivity contribution in [3.63, 3.8) is 0 Å². The molecule has 3 rings (SSSR count). The van der Waals surface area contributed by atoms with Crippen molar-refractivity contribution in [2.75, 3.05) is 11.1 Å². The van der Waals surface area contributed by atoms with E-state index in [-0.39, 0.29) is 29.4 Å². The van der Waals surface area contributed by atoms with E-state index in [0.29, 0.717) is 11.4 Å². The lowest BCUT2D eigenvalue weighted by Crippen LogP contribution is -2.30. The number of ether oxygens (including phenoxy) is 1. The van der Waals surface area contributed by atoms with Gasteiger partial charge in [0.25, 0.3) is 11.1 Å². The van der Waals surface area contributed by atoms with Crippen LogP contribution in [0.15, 0.2) is 46.9 Å². The highest BCUT2D eigenvalue weighted by Crippen LogP contribution is 2.27. The van der Waals surface area contributed by atoms with Gasteiger partial charge in [-0.1, -0.05) is 30.0 Å². The largest absolute Gasteiger partial charge is 0.480 e. The lowest BCUT2D eigenvalue weighted by atomic mass is 10.2. The molecule has 1 atom stereocenters. The summed E-state index contributed by atoms with van der Waals surface area (Å²) in [5.74, 6) is 0.339. The van der Waals surface area contributed by atoms with E-state index in [2.05, 4.69) is 21.2 Å². The molecule has 1 aliphatic heterocycles. The summed E-state index contributed by atoms with van der Waals surface area (Å²) in [5, 5.41) is 2.57. The highest BCUT2D eigenvalue weighted by molar-refractivity contribution is 9.10. The Morgan fingerprint density at radius 2 is 1.96 bits per heavy atom. The number of aryl methyl sites for hydroxylation is 1. The lowest BCUT2D eigenvalue weighted by molar-refractivity contribution is -0.125. The predicted molar refractivity (Wildman–Crippen MR) is 112 cm³/mol. The van der Waals surface area contributed by atoms with E-state index in [9.17, 15) is 14.4 Å². The zero-order valence-electron chi connectivity index (χ0n) is 15.4. The fourth-order valence-corrected chi connectivity index (χ4v) is 3.91. The third-order valence-electron chi connectivity index (χ3n) is 4.16. The second-order valence-electron chi connectivity index (χ2n) is 6.41. The van der Waals surface area contributed by atoms with Gasteiger partial charge in [0, 0.05) is 5.69 Å². The number of hydrogen-bond donors (Lipinski definition) is 1. The van der Waals surface area contributed by atoms with Crippen LogP contribution in [-0.2, 0) is 16.1 Å². The first-order valence-corrected chi connectivity index (χ1v) is 10.4. The number of nitrogens with zero attached hydrogens (tertiary/aromatic N) is 1. The minimum Gasteiger partial charge on any atom is -0.480 e. The fraction of sp³-hybridized carbons (Fsp3) is 0.250. The monoisotopic (exact) mass is 462 g/mol.